The van der Waals surface area contributed by atoms with Gasteiger partial charge in [0.25, 0.3) is 5.91 Å². The van der Waals surface area contributed by atoms with Crippen molar-refractivity contribution in [3.8, 4) is 5.75 Å². The maximum atomic E-state index is 12.6. The van der Waals surface area contributed by atoms with Gasteiger partial charge in [-0.3, -0.25) is 4.79 Å². The Balaban J connectivity index is 1.57. The van der Waals surface area contributed by atoms with Gasteiger partial charge in [-0.25, -0.2) is 5.43 Å². The number of fused-ring (bicyclic) bond motifs is 2. The van der Waals surface area contributed by atoms with E-state index in [2.05, 4.69) is 56.8 Å². The molecule has 0 aliphatic rings. The molecule has 0 fully saturated rings. The average molecular weight is 461 g/mol. The number of nitrogens with zero attached hydrogens (tertiary/aromatic N) is 1. The van der Waals surface area contributed by atoms with Gasteiger partial charge in [0.05, 0.1) is 6.21 Å². The van der Waals surface area contributed by atoms with Crippen molar-refractivity contribution in [2.75, 3.05) is 0 Å². The van der Waals surface area contributed by atoms with Gasteiger partial charge >= 0.3 is 0 Å². The maximum absolute atomic E-state index is 12.6. The number of halogens is 1. The smallest absolute Gasteiger partial charge is 0.281 e. The Labute approximate surface area is 183 Å². The Morgan fingerprint density at radius 1 is 1.00 bits per heavy atom. The van der Waals surface area contributed by atoms with E-state index in [0.29, 0.717) is 12.2 Å². The highest BCUT2D eigenvalue weighted by molar-refractivity contribution is 9.10. The molecule has 4 nitrogen and oxygen atoms in total. The van der Waals surface area contributed by atoms with Crippen molar-refractivity contribution in [1.29, 1.82) is 0 Å². The molecule has 0 aromatic heterocycles. The Morgan fingerprint density at radius 3 is 2.30 bits per heavy atom. The first-order valence-electron chi connectivity index (χ1n) is 9.81. The summed E-state index contributed by atoms with van der Waals surface area (Å²) in [6, 6.07) is 25.9. The minimum absolute atomic E-state index is 0.279. The van der Waals surface area contributed by atoms with Gasteiger partial charge in [0.15, 0.2) is 6.10 Å². The van der Waals surface area contributed by atoms with Crippen molar-refractivity contribution in [3.05, 3.63) is 88.9 Å². The van der Waals surface area contributed by atoms with Crippen LogP contribution in [-0.4, -0.2) is 18.2 Å². The number of nitrogens with one attached hydrogen (secondary N) is 1. The quantitative estimate of drug-likeness (QED) is 0.216. The van der Waals surface area contributed by atoms with E-state index in [4.69, 9.17) is 4.74 Å². The second-order valence-corrected chi connectivity index (χ2v) is 7.85. The Hall–Kier alpha value is -3.18. The zero-order chi connectivity index (χ0) is 20.9. The van der Waals surface area contributed by atoms with Gasteiger partial charge in [-0.15, -0.1) is 0 Å². The number of hydrazone groups is 1. The third-order valence-electron chi connectivity index (χ3n) is 4.92. The number of ether oxygens (including phenoxy) is 1. The molecule has 0 spiro atoms. The molecule has 4 rings (SSSR count). The Kier molecular flexibility index (Phi) is 6.10. The van der Waals surface area contributed by atoms with Gasteiger partial charge in [0, 0.05) is 10.0 Å². The predicted molar refractivity (Wildman–Crippen MR) is 126 cm³/mol. The summed E-state index contributed by atoms with van der Waals surface area (Å²) in [4.78, 5) is 12.6. The van der Waals surface area contributed by atoms with E-state index < -0.39 is 6.10 Å². The van der Waals surface area contributed by atoms with Crippen molar-refractivity contribution in [2.45, 2.75) is 19.4 Å². The summed E-state index contributed by atoms with van der Waals surface area (Å²) in [5.41, 5.74) is 3.62. The van der Waals surface area contributed by atoms with Crippen LogP contribution in [0.1, 0.15) is 18.9 Å². The number of hydrogen-bond acceptors (Lipinski definition) is 3. The van der Waals surface area contributed by atoms with Crippen LogP contribution in [0.15, 0.2) is 88.4 Å². The largest absolute Gasteiger partial charge is 0.481 e. The van der Waals surface area contributed by atoms with E-state index in [9.17, 15) is 4.79 Å². The van der Waals surface area contributed by atoms with Gasteiger partial charge in [0.2, 0.25) is 0 Å². The summed E-state index contributed by atoms with van der Waals surface area (Å²) >= 11 is 3.41. The molecule has 4 aromatic rings. The lowest BCUT2D eigenvalue weighted by Gasteiger charge is -2.16. The monoisotopic (exact) mass is 460 g/mol. The highest BCUT2D eigenvalue weighted by Gasteiger charge is 2.18. The SMILES string of the molecule is CCC(Oc1cccc(Br)c1)C(=O)N/N=C/c1c2ccccc2cc2ccccc12. The predicted octanol–water partition coefficient (Wildman–Crippen LogP) is 6.06. The van der Waals surface area contributed by atoms with Crippen LogP contribution >= 0.6 is 15.9 Å². The Morgan fingerprint density at radius 2 is 1.67 bits per heavy atom. The maximum Gasteiger partial charge on any atom is 0.281 e. The van der Waals surface area contributed by atoms with Gasteiger partial charge in [-0.1, -0.05) is 77.5 Å². The fraction of sp³-hybridized carbons (Fsp3) is 0.120. The minimum Gasteiger partial charge on any atom is -0.481 e. The van der Waals surface area contributed by atoms with Crippen LogP contribution in [0.2, 0.25) is 0 Å². The molecule has 150 valence electrons. The number of rotatable bonds is 6. The fourth-order valence-corrected chi connectivity index (χ4v) is 3.83. The number of benzene rings is 4. The van der Waals surface area contributed by atoms with Crippen molar-refractivity contribution >= 4 is 49.6 Å². The van der Waals surface area contributed by atoms with Crippen LogP contribution in [0.4, 0.5) is 0 Å². The van der Waals surface area contributed by atoms with Crippen LogP contribution in [0, 0.1) is 0 Å². The van der Waals surface area contributed by atoms with Gasteiger partial charge in [-0.05, 0) is 52.2 Å². The first-order chi connectivity index (χ1) is 14.7. The summed E-state index contributed by atoms with van der Waals surface area (Å²) < 4.78 is 6.73. The molecule has 0 radical (unpaired) electrons. The second kappa shape index (κ2) is 9.09. The van der Waals surface area contributed by atoms with Crippen LogP contribution < -0.4 is 10.2 Å². The lowest BCUT2D eigenvalue weighted by Crippen LogP contribution is -2.35. The lowest BCUT2D eigenvalue weighted by molar-refractivity contribution is -0.128. The summed E-state index contributed by atoms with van der Waals surface area (Å²) in [6.45, 7) is 1.91. The molecule has 0 saturated carbocycles. The van der Waals surface area contributed by atoms with Gasteiger partial charge in [-0.2, -0.15) is 5.10 Å². The first-order valence-corrected chi connectivity index (χ1v) is 10.6. The topological polar surface area (TPSA) is 50.7 Å². The van der Waals surface area contributed by atoms with E-state index in [1.54, 1.807) is 6.21 Å². The molecule has 4 aromatic carbocycles. The van der Waals surface area contributed by atoms with E-state index in [1.807, 2.05) is 55.5 Å². The van der Waals surface area contributed by atoms with Crippen molar-refractivity contribution in [1.82, 2.24) is 5.43 Å². The molecular formula is C25H21BrN2O2. The van der Waals surface area contributed by atoms with E-state index in [0.717, 1.165) is 31.6 Å². The zero-order valence-corrected chi connectivity index (χ0v) is 18.1. The van der Waals surface area contributed by atoms with Crippen molar-refractivity contribution in [3.63, 3.8) is 0 Å². The van der Waals surface area contributed by atoms with Crippen molar-refractivity contribution < 1.29 is 9.53 Å². The molecule has 1 N–H and O–H groups in total. The standard InChI is InChI=1S/C25H21BrN2O2/c1-2-24(30-20-11-7-10-19(26)15-20)25(29)28-27-16-23-21-12-5-3-8-17(21)14-18-9-4-6-13-22(18)23/h3-16,24H,2H2,1H3,(H,28,29)/b27-16+. The van der Waals surface area contributed by atoms with E-state index in [1.165, 1.54) is 0 Å². The molecule has 0 saturated heterocycles. The molecule has 0 aliphatic carbocycles. The molecule has 0 bridgehead atoms. The fourth-order valence-electron chi connectivity index (χ4n) is 3.45. The normalized spacial score (nSPS) is 12.3. The molecule has 1 unspecified atom stereocenters. The van der Waals surface area contributed by atoms with Crippen molar-refractivity contribution in [2.24, 2.45) is 5.10 Å². The average Bonchev–Trinajstić information content (AvgIpc) is 2.77. The Bertz CT molecular complexity index is 1180. The molecule has 5 heteroatoms. The number of carbonyl (C=O) groups excluding carboxylic acids is 1. The number of amides is 1. The number of hydrogen-bond donors (Lipinski definition) is 1. The number of carbonyl (C=O) groups is 1. The van der Waals surface area contributed by atoms with Crippen LogP contribution in [0.5, 0.6) is 5.75 Å². The highest BCUT2D eigenvalue weighted by atomic mass is 79.9. The molecule has 1 atom stereocenters. The van der Waals surface area contributed by atoms with E-state index in [-0.39, 0.29) is 5.91 Å². The van der Waals surface area contributed by atoms with E-state index >= 15 is 0 Å². The van der Waals surface area contributed by atoms with Crippen LogP contribution in [0.3, 0.4) is 0 Å². The molecule has 0 aliphatic heterocycles. The van der Waals surface area contributed by atoms with Gasteiger partial charge in [0.1, 0.15) is 5.75 Å². The first kappa shape index (κ1) is 20.1. The molecule has 0 heterocycles. The van der Waals surface area contributed by atoms with Gasteiger partial charge < -0.3 is 4.74 Å². The third kappa shape index (κ3) is 4.36. The summed E-state index contributed by atoms with van der Waals surface area (Å²) in [6.07, 6.45) is 1.63. The summed E-state index contributed by atoms with van der Waals surface area (Å²) in [5, 5.41) is 8.70. The molecular weight excluding hydrogens is 440 g/mol. The summed E-state index contributed by atoms with van der Waals surface area (Å²) in [5.74, 6) is 0.355. The lowest BCUT2D eigenvalue weighted by atomic mass is 9.97. The summed E-state index contributed by atoms with van der Waals surface area (Å²) in [7, 11) is 0. The molecule has 1 amide bonds. The highest BCUT2D eigenvalue weighted by Crippen LogP contribution is 2.27. The zero-order valence-electron chi connectivity index (χ0n) is 16.5. The van der Waals surface area contributed by atoms with Crippen LogP contribution in [0.25, 0.3) is 21.5 Å². The second-order valence-electron chi connectivity index (χ2n) is 6.94. The minimum atomic E-state index is -0.624. The third-order valence-corrected chi connectivity index (χ3v) is 5.41. The molecule has 30 heavy (non-hydrogen) atoms. The van der Waals surface area contributed by atoms with Crippen LogP contribution in [-0.2, 0) is 4.79 Å².